The van der Waals surface area contributed by atoms with Crippen LogP contribution in [0.5, 0.6) is 0 Å². The number of nitrogens with zero attached hydrogens (tertiary/aromatic N) is 3. The lowest BCUT2D eigenvalue weighted by Crippen LogP contribution is -2.10. The molecular formula is C52H33N3O. The molecule has 11 rings (SSSR count). The molecule has 9 aromatic carbocycles. The number of benzene rings is 9. The third-order valence-corrected chi connectivity index (χ3v) is 10.8. The molecule has 0 aliphatic carbocycles. The van der Waals surface area contributed by atoms with Crippen LogP contribution in [0.25, 0.3) is 88.2 Å². The van der Waals surface area contributed by atoms with E-state index in [1.165, 1.54) is 10.8 Å². The Bertz CT molecular complexity index is 3260. The second kappa shape index (κ2) is 13.1. The number of hydrogen-bond acceptors (Lipinski definition) is 4. The molecule has 0 amide bonds. The Morgan fingerprint density at radius 3 is 1.86 bits per heavy atom. The molecule has 2 aromatic heterocycles. The Morgan fingerprint density at radius 1 is 0.375 bits per heavy atom. The van der Waals surface area contributed by atoms with E-state index in [2.05, 4.69) is 187 Å². The molecule has 0 bridgehead atoms. The first kappa shape index (κ1) is 31.9. The Labute approximate surface area is 323 Å². The van der Waals surface area contributed by atoms with Crippen LogP contribution in [0, 0.1) is 0 Å². The maximum atomic E-state index is 6.93. The van der Waals surface area contributed by atoms with E-state index in [0.29, 0.717) is 5.82 Å². The molecule has 11 aromatic rings. The van der Waals surface area contributed by atoms with Gasteiger partial charge < -0.3 is 9.32 Å². The largest absolute Gasteiger partial charge is 0.455 e. The highest BCUT2D eigenvalue weighted by atomic mass is 16.3. The van der Waals surface area contributed by atoms with Gasteiger partial charge >= 0.3 is 0 Å². The van der Waals surface area contributed by atoms with Crippen molar-refractivity contribution in [1.82, 2.24) is 9.97 Å². The quantitative estimate of drug-likeness (QED) is 0.172. The summed E-state index contributed by atoms with van der Waals surface area (Å²) in [5.74, 6) is 0.621. The predicted molar refractivity (Wildman–Crippen MR) is 233 cm³/mol. The van der Waals surface area contributed by atoms with Crippen molar-refractivity contribution in [3.05, 3.63) is 200 Å². The molecule has 4 nitrogen and oxygen atoms in total. The van der Waals surface area contributed by atoms with Gasteiger partial charge in [0.2, 0.25) is 0 Å². The Kier molecular flexibility index (Phi) is 7.46. The van der Waals surface area contributed by atoms with Crippen molar-refractivity contribution < 1.29 is 4.42 Å². The third kappa shape index (κ3) is 5.31. The highest BCUT2D eigenvalue weighted by Crippen LogP contribution is 2.44. The molecule has 0 spiro atoms. The smallest absolute Gasteiger partial charge is 0.164 e. The lowest BCUT2D eigenvalue weighted by atomic mass is 9.97. The van der Waals surface area contributed by atoms with Crippen LogP contribution in [0.3, 0.4) is 0 Å². The molecular weight excluding hydrogens is 683 g/mol. The maximum Gasteiger partial charge on any atom is 0.164 e. The monoisotopic (exact) mass is 715 g/mol. The van der Waals surface area contributed by atoms with Crippen LogP contribution < -0.4 is 4.90 Å². The lowest BCUT2D eigenvalue weighted by Gasteiger charge is -2.27. The normalized spacial score (nSPS) is 11.6. The summed E-state index contributed by atoms with van der Waals surface area (Å²) in [6.07, 6.45) is 0. The minimum Gasteiger partial charge on any atom is -0.455 e. The van der Waals surface area contributed by atoms with Crippen LogP contribution in [0.4, 0.5) is 17.1 Å². The standard InChI is InChI=1S/C52H33N3O/c1-3-17-36(18-4-1)49-44-26-11-12-27-47(44)53-52(54-49)46-33-38(32-45-43-30-29-35-16-8-10-25-42(35)50(43)56-51(45)46)37-20-13-23-40(31-37)55(39-21-5-2-6-22-39)48-28-14-19-34-15-7-9-24-41(34)48/h1-33H. The molecule has 0 fully saturated rings. The summed E-state index contributed by atoms with van der Waals surface area (Å²) in [4.78, 5) is 12.9. The van der Waals surface area contributed by atoms with E-state index in [9.17, 15) is 0 Å². The van der Waals surface area contributed by atoms with Crippen molar-refractivity contribution in [3.8, 4) is 33.8 Å². The molecule has 0 saturated carbocycles. The molecule has 4 heteroatoms. The van der Waals surface area contributed by atoms with E-state index < -0.39 is 0 Å². The van der Waals surface area contributed by atoms with Gasteiger partial charge in [-0.3, -0.25) is 0 Å². The molecule has 0 unspecified atom stereocenters. The SMILES string of the molecule is c1ccc(-c2nc(-c3cc(-c4cccc(N(c5ccccc5)c5cccc6ccccc56)c4)cc4c3oc3c5ccccc5ccc43)nc3ccccc23)cc1. The molecule has 0 aliphatic rings. The molecule has 0 N–H and O–H groups in total. The van der Waals surface area contributed by atoms with Gasteiger partial charge in [-0.05, 0) is 76.5 Å². The van der Waals surface area contributed by atoms with E-state index in [4.69, 9.17) is 14.4 Å². The van der Waals surface area contributed by atoms with Crippen LogP contribution >= 0.6 is 0 Å². The first-order valence-electron chi connectivity index (χ1n) is 18.9. The van der Waals surface area contributed by atoms with Gasteiger partial charge in [0.1, 0.15) is 11.2 Å². The highest BCUT2D eigenvalue weighted by molar-refractivity contribution is 6.18. The van der Waals surface area contributed by atoms with E-state index >= 15 is 0 Å². The number of furan rings is 1. The molecule has 0 saturated heterocycles. The van der Waals surface area contributed by atoms with Crippen molar-refractivity contribution in [3.63, 3.8) is 0 Å². The zero-order chi connectivity index (χ0) is 37.0. The van der Waals surface area contributed by atoms with Crippen molar-refractivity contribution in [2.75, 3.05) is 4.90 Å². The van der Waals surface area contributed by atoms with Crippen molar-refractivity contribution in [2.45, 2.75) is 0 Å². The van der Waals surface area contributed by atoms with Crippen LogP contribution in [0.2, 0.25) is 0 Å². The van der Waals surface area contributed by atoms with Crippen LogP contribution in [-0.4, -0.2) is 9.97 Å². The van der Waals surface area contributed by atoms with Gasteiger partial charge in [0, 0.05) is 43.9 Å². The number of hydrogen-bond donors (Lipinski definition) is 0. The van der Waals surface area contributed by atoms with Gasteiger partial charge in [-0.15, -0.1) is 0 Å². The summed E-state index contributed by atoms with van der Waals surface area (Å²) >= 11 is 0. The number of aromatic nitrogens is 2. The second-order valence-corrected chi connectivity index (χ2v) is 14.2. The lowest BCUT2D eigenvalue weighted by molar-refractivity contribution is 0.673. The fraction of sp³-hybridized carbons (Fsp3) is 0. The zero-order valence-corrected chi connectivity index (χ0v) is 30.3. The Morgan fingerprint density at radius 2 is 1.02 bits per heavy atom. The molecule has 0 atom stereocenters. The summed E-state index contributed by atoms with van der Waals surface area (Å²) < 4.78 is 6.93. The maximum absolute atomic E-state index is 6.93. The minimum atomic E-state index is 0.621. The number of anilines is 3. The van der Waals surface area contributed by atoms with Gasteiger partial charge in [0.05, 0.1) is 22.5 Å². The van der Waals surface area contributed by atoms with E-state index in [0.717, 1.165) is 88.6 Å². The first-order chi connectivity index (χ1) is 27.8. The summed E-state index contributed by atoms with van der Waals surface area (Å²) in [5.41, 5.74) is 10.7. The van der Waals surface area contributed by atoms with Crippen LogP contribution in [0.15, 0.2) is 205 Å². The van der Waals surface area contributed by atoms with Crippen molar-refractivity contribution in [2.24, 2.45) is 0 Å². The number of rotatable bonds is 6. The zero-order valence-electron chi connectivity index (χ0n) is 30.3. The second-order valence-electron chi connectivity index (χ2n) is 14.2. The average molecular weight is 716 g/mol. The topological polar surface area (TPSA) is 42.2 Å². The summed E-state index contributed by atoms with van der Waals surface area (Å²) in [5, 5.41) is 7.69. The molecule has 262 valence electrons. The van der Waals surface area contributed by atoms with Gasteiger partial charge in [0.25, 0.3) is 0 Å². The van der Waals surface area contributed by atoms with Crippen LogP contribution in [0.1, 0.15) is 0 Å². The predicted octanol–water partition coefficient (Wildman–Crippen LogP) is 14.3. The summed E-state index contributed by atoms with van der Waals surface area (Å²) in [7, 11) is 0. The summed E-state index contributed by atoms with van der Waals surface area (Å²) in [6, 6.07) is 70.3. The Hall–Kier alpha value is -7.56. The van der Waals surface area contributed by atoms with Gasteiger partial charge in [-0.2, -0.15) is 0 Å². The third-order valence-electron chi connectivity index (χ3n) is 10.8. The minimum absolute atomic E-state index is 0.621. The van der Waals surface area contributed by atoms with Gasteiger partial charge in [0.15, 0.2) is 5.82 Å². The fourth-order valence-electron chi connectivity index (χ4n) is 8.18. The number of fused-ring (bicyclic) bond motifs is 7. The number of para-hydroxylation sites is 2. The molecule has 0 radical (unpaired) electrons. The van der Waals surface area contributed by atoms with E-state index in [1.807, 2.05) is 18.2 Å². The molecule has 0 aliphatic heterocycles. The fourth-order valence-corrected chi connectivity index (χ4v) is 8.18. The van der Waals surface area contributed by atoms with E-state index in [1.54, 1.807) is 0 Å². The molecule has 56 heavy (non-hydrogen) atoms. The highest BCUT2D eigenvalue weighted by Gasteiger charge is 2.21. The first-order valence-corrected chi connectivity index (χ1v) is 18.9. The van der Waals surface area contributed by atoms with Gasteiger partial charge in [-0.25, -0.2) is 9.97 Å². The van der Waals surface area contributed by atoms with Crippen LogP contribution in [-0.2, 0) is 0 Å². The molecule has 2 heterocycles. The van der Waals surface area contributed by atoms with Gasteiger partial charge in [-0.1, -0.05) is 146 Å². The van der Waals surface area contributed by atoms with Crippen molar-refractivity contribution >= 4 is 71.4 Å². The Balaban J connectivity index is 1.17. The summed E-state index contributed by atoms with van der Waals surface area (Å²) in [6.45, 7) is 0. The average Bonchev–Trinajstić information content (AvgIpc) is 3.66. The van der Waals surface area contributed by atoms with Crippen molar-refractivity contribution in [1.29, 1.82) is 0 Å². The van der Waals surface area contributed by atoms with E-state index in [-0.39, 0.29) is 0 Å².